The maximum atomic E-state index is 14.9. The number of amides is 3. The van der Waals surface area contributed by atoms with Crippen LogP contribution in [0.15, 0.2) is 71.7 Å². The summed E-state index contributed by atoms with van der Waals surface area (Å²) >= 11 is 5.88. The predicted molar refractivity (Wildman–Crippen MR) is 134 cm³/mol. The van der Waals surface area contributed by atoms with Crippen molar-refractivity contribution >= 4 is 40.7 Å². The fraction of sp³-hybridized carbons (Fsp3) is 0.231. The van der Waals surface area contributed by atoms with Crippen LogP contribution in [0.25, 0.3) is 5.69 Å². The lowest BCUT2D eigenvalue weighted by Crippen LogP contribution is -2.54. The second-order valence-corrected chi connectivity index (χ2v) is 9.47. The molecule has 9 nitrogen and oxygen atoms in total. The Labute approximate surface area is 215 Å². The zero-order chi connectivity index (χ0) is 26.3. The predicted octanol–water partition coefficient (Wildman–Crippen LogP) is 2.27. The number of halogens is 2. The molecular formula is C26H22ClFN4O5. The van der Waals surface area contributed by atoms with Gasteiger partial charge in [0, 0.05) is 42.1 Å². The number of carbonyl (C=O) groups is 3. The smallest absolute Gasteiger partial charge is 0.255 e. The van der Waals surface area contributed by atoms with Crippen LogP contribution >= 0.6 is 11.6 Å². The molecule has 3 amide bonds. The quantitative estimate of drug-likeness (QED) is 0.457. The highest BCUT2D eigenvalue weighted by Gasteiger charge is 2.64. The first-order valence-corrected chi connectivity index (χ1v) is 11.9. The van der Waals surface area contributed by atoms with Gasteiger partial charge in [0.25, 0.3) is 5.56 Å². The molecule has 3 N–H and O–H groups in total. The van der Waals surface area contributed by atoms with Crippen molar-refractivity contribution < 1.29 is 23.9 Å². The van der Waals surface area contributed by atoms with Crippen molar-refractivity contribution in [3.63, 3.8) is 0 Å². The van der Waals surface area contributed by atoms with E-state index >= 15 is 0 Å². The fourth-order valence-electron chi connectivity index (χ4n) is 4.49. The van der Waals surface area contributed by atoms with Gasteiger partial charge in [0.15, 0.2) is 0 Å². The average molecular weight is 525 g/mol. The number of hydrogen-bond acceptors (Lipinski definition) is 5. The molecule has 0 spiro atoms. The number of aliphatic hydroxyl groups excluding tert-OH is 1. The van der Waals surface area contributed by atoms with Gasteiger partial charge in [-0.1, -0.05) is 17.7 Å². The lowest BCUT2D eigenvalue weighted by molar-refractivity contribution is -0.144. The number of pyridine rings is 1. The third-order valence-corrected chi connectivity index (χ3v) is 6.76. The molecule has 0 unspecified atom stereocenters. The molecule has 5 rings (SSSR count). The maximum Gasteiger partial charge on any atom is 0.255 e. The molecule has 0 radical (unpaired) electrons. The van der Waals surface area contributed by atoms with Crippen molar-refractivity contribution in [1.29, 1.82) is 0 Å². The molecule has 1 saturated carbocycles. The SMILES string of the molecule is O=C(Nc1ccc(Cl)cc1)[C@@H]1[C@H](C(=O)Nc2ccc(-n3ccccc3=O)cc2F)[C@H]1C(=O)N1CC(O)C1. The first-order chi connectivity index (χ1) is 17.7. The summed E-state index contributed by atoms with van der Waals surface area (Å²) in [5, 5.41) is 15.2. The minimum atomic E-state index is -1.02. The van der Waals surface area contributed by atoms with E-state index in [1.807, 2.05) is 0 Å². The van der Waals surface area contributed by atoms with E-state index in [1.165, 1.54) is 33.9 Å². The Balaban J connectivity index is 1.33. The topological polar surface area (TPSA) is 121 Å². The summed E-state index contributed by atoms with van der Waals surface area (Å²) in [5.41, 5.74) is 0.233. The van der Waals surface area contributed by atoms with Crippen molar-refractivity contribution in [2.75, 3.05) is 23.7 Å². The molecule has 2 fully saturated rings. The summed E-state index contributed by atoms with van der Waals surface area (Å²) in [5.74, 6) is -5.33. The first-order valence-electron chi connectivity index (χ1n) is 11.5. The van der Waals surface area contributed by atoms with Crippen LogP contribution in [-0.2, 0) is 14.4 Å². The van der Waals surface area contributed by atoms with Crippen molar-refractivity contribution in [3.8, 4) is 5.69 Å². The number of anilines is 2. The number of nitrogens with zero attached hydrogens (tertiary/aromatic N) is 2. The molecule has 1 saturated heterocycles. The summed E-state index contributed by atoms with van der Waals surface area (Å²) in [6, 6.07) is 14.8. The Morgan fingerprint density at radius 3 is 2.22 bits per heavy atom. The number of aromatic nitrogens is 1. The van der Waals surface area contributed by atoms with E-state index in [1.54, 1.807) is 36.4 Å². The van der Waals surface area contributed by atoms with Crippen LogP contribution < -0.4 is 16.2 Å². The molecule has 2 aromatic carbocycles. The third-order valence-electron chi connectivity index (χ3n) is 6.51. The molecule has 0 bridgehead atoms. The zero-order valence-electron chi connectivity index (χ0n) is 19.3. The van der Waals surface area contributed by atoms with Gasteiger partial charge in [0.2, 0.25) is 17.7 Å². The number of nitrogens with one attached hydrogen (secondary N) is 2. The maximum absolute atomic E-state index is 14.9. The molecule has 3 atom stereocenters. The highest BCUT2D eigenvalue weighted by molar-refractivity contribution is 6.30. The van der Waals surface area contributed by atoms with Crippen molar-refractivity contribution in [1.82, 2.24) is 9.47 Å². The van der Waals surface area contributed by atoms with E-state index in [0.29, 0.717) is 10.7 Å². The van der Waals surface area contributed by atoms with Gasteiger partial charge in [-0.2, -0.15) is 0 Å². The van der Waals surface area contributed by atoms with Crippen molar-refractivity contribution in [2.24, 2.45) is 17.8 Å². The third kappa shape index (κ3) is 4.98. The van der Waals surface area contributed by atoms with E-state index < -0.39 is 47.4 Å². The van der Waals surface area contributed by atoms with Gasteiger partial charge in [-0.05, 0) is 42.5 Å². The number of aliphatic hydroxyl groups is 1. The number of likely N-dealkylation sites (tertiary alicyclic amines) is 1. The van der Waals surface area contributed by atoms with E-state index in [2.05, 4.69) is 10.6 Å². The number of benzene rings is 2. The summed E-state index contributed by atoms with van der Waals surface area (Å²) < 4.78 is 16.1. The Morgan fingerprint density at radius 1 is 0.919 bits per heavy atom. The monoisotopic (exact) mass is 524 g/mol. The van der Waals surface area contributed by atoms with Crippen LogP contribution in [0.3, 0.4) is 0 Å². The number of carbonyl (C=O) groups excluding carboxylic acids is 3. The van der Waals surface area contributed by atoms with E-state index in [9.17, 15) is 28.7 Å². The van der Waals surface area contributed by atoms with E-state index in [4.69, 9.17) is 11.6 Å². The van der Waals surface area contributed by atoms with Gasteiger partial charge in [-0.25, -0.2) is 4.39 Å². The molecule has 2 heterocycles. The van der Waals surface area contributed by atoms with Gasteiger partial charge in [0.1, 0.15) is 5.82 Å². The standard InChI is InChI=1S/C26H22ClFN4O5/c27-14-4-6-15(7-5-14)29-24(35)21-22(23(21)26(37)31-12-17(33)13-31)25(36)30-19-9-8-16(11-18(19)28)32-10-2-1-3-20(32)34/h1-11,17,21-23,33H,12-13H2,(H,29,35)(H,30,36)/t21-,22+,23+/m1/s1. The Hall–Kier alpha value is -4.02. The van der Waals surface area contributed by atoms with E-state index in [-0.39, 0.29) is 30.0 Å². The van der Waals surface area contributed by atoms with Crippen LogP contribution in [-0.4, -0.2) is 51.5 Å². The molecule has 1 aliphatic heterocycles. The van der Waals surface area contributed by atoms with Crippen LogP contribution in [0.1, 0.15) is 0 Å². The summed E-state index contributed by atoms with van der Waals surface area (Å²) in [6.45, 7) is 0.258. The van der Waals surface area contributed by atoms with Crippen LogP contribution in [0.2, 0.25) is 5.02 Å². The molecule has 190 valence electrons. The summed E-state index contributed by atoms with van der Waals surface area (Å²) in [6.07, 6.45) is 0.855. The molecule has 37 heavy (non-hydrogen) atoms. The second-order valence-electron chi connectivity index (χ2n) is 9.03. The molecule has 3 aromatic rings. The number of hydrogen-bond donors (Lipinski definition) is 3. The largest absolute Gasteiger partial charge is 0.389 e. The molecular weight excluding hydrogens is 503 g/mol. The molecule has 1 aliphatic carbocycles. The average Bonchev–Trinajstić information content (AvgIpc) is 3.61. The molecule has 1 aromatic heterocycles. The van der Waals surface area contributed by atoms with Gasteiger partial charge >= 0.3 is 0 Å². The van der Waals surface area contributed by atoms with Gasteiger partial charge < -0.3 is 20.6 Å². The minimum Gasteiger partial charge on any atom is -0.389 e. The van der Waals surface area contributed by atoms with Crippen molar-refractivity contribution in [2.45, 2.75) is 6.10 Å². The van der Waals surface area contributed by atoms with Gasteiger partial charge in [-0.3, -0.25) is 23.7 Å². The summed E-state index contributed by atoms with van der Waals surface area (Å²) in [7, 11) is 0. The fourth-order valence-corrected chi connectivity index (χ4v) is 4.61. The minimum absolute atomic E-state index is 0.129. The Bertz CT molecular complexity index is 1440. The van der Waals surface area contributed by atoms with Gasteiger partial charge in [-0.15, -0.1) is 0 Å². The molecule has 11 heteroatoms. The lowest BCUT2D eigenvalue weighted by Gasteiger charge is -2.36. The summed E-state index contributed by atoms with van der Waals surface area (Å²) in [4.78, 5) is 52.4. The normalized spacial score (nSPS) is 20.6. The number of rotatable bonds is 6. The van der Waals surface area contributed by atoms with Crippen molar-refractivity contribution in [3.05, 3.63) is 88.1 Å². The van der Waals surface area contributed by atoms with Crippen LogP contribution in [0.5, 0.6) is 0 Å². The number of β-amino-alcohol motifs (C(OH)–C–C–N with tert-alkyl or cyclic N) is 1. The van der Waals surface area contributed by atoms with Crippen LogP contribution in [0.4, 0.5) is 15.8 Å². The zero-order valence-corrected chi connectivity index (χ0v) is 20.1. The highest BCUT2D eigenvalue weighted by Crippen LogP contribution is 2.49. The highest BCUT2D eigenvalue weighted by atomic mass is 35.5. The Morgan fingerprint density at radius 2 is 1.59 bits per heavy atom. The van der Waals surface area contributed by atoms with Crippen LogP contribution in [0, 0.1) is 23.6 Å². The molecule has 2 aliphatic rings. The van der Waals surface area contributed by atoms with E-state index in [0.717, 1.165) is 6.07 Å². The first kappa shape index (κ1) is 24.7. The van der Waals surface area contributed by atoms with Gasteiger partial charge in [0.05, 0.1) is 35.2 Å². The second kappa shape index (κ2) is 9.79. The Kier molecular flexibility index (Phi) is 6.53. The lowest BCUT2D eigenvalue weighted by atomic mass is 10.1.